The average molecular weight is 550 g/mol. The van der Waals surface area contributed by atoms with Gasteiger partial charge in [-0.25, -0.2) is 0 Å². The molecule has 2 aromatic heterocycles. The lowest BCUT2D eigenvalue weighted by molar-refractivity contribution is 0.0835. The van der Waals surface area contributed by atoms with Gasteiger partial charge in [0.2, 0.25) is 0 Å². The van der Waals surface area contributed by atoms with Crippen LogP contribution in [0.15, 0.2) is 57.8 Å². The molecule has 1 fully saturated rings. The SMILES string of the molecule is C[Si](C)(C)CCOCn1c(N2CCOCC2)c(-c2nnc(N[C@H]3CCC=C(c4ccccc4)C3)o2)ccc1=O. The summed E-state index contributed by atoms with van der Waals surface area (Å²) in [6, 6.07) is 15.4. The van der Waals surface area contributed by atoms with Crippen molar-refractivity contribution < 1.29 is 13.9 Å². The molecule has 0 unspecified atom stereocenters. The fourth-order valence-corrected chi connectivity index (χ4v) is 5.75. The zero-order valence-corrected chi connectivity index (χ0v) is 24.2. The summed E-state index contributed by atoms with van der Waals surface area (Å²) in [5.41, 5.74) is 3.18. The van der Waals surface area contributed by atoms with Crippen molar-refractivity contribution in [2.75, 3.05) is 43.1 Å². The minimum Gasteiger partial charge on any atom is -0.403 e. The van der Waals surface area contributed by atoms with Gasteiger partial charge in [0.1, 0.15) is 12.5 Å². The summed E-state index contributed by atoms with van der Waals surface area (Å²) in [7, 11) is -1.24. The smallest absolute Gasteiger partial charge is 0.315 e. The predicted molar refractivity (Wildman–Crippen MR) is 157 cm³/mol. The van der Waals surface area contributed by atoms with E-state index in [1.54, 1.807) is 16.7 Å². The van der Waals surface area contributed by atoms with Gasteiger partial charge in [0.25, 0.3) is 11.4 Å². The third kappa shape index (κ3) is 7.06. The van der Waals surface area contributed by atoms with Crippen LogP contribution in [0.4, 0.5) is 11.8 Å². The second kappa shape index (κ2) is 12.3. The molecule has 1 aromatic carbocycles. The Hall–Kier alpha value is -3.21. The fraction of sp³-hybridized carbons (Fsp3) is 0.483. The van der Waals surface area contributed by atoms with Crippen molar-refractivity contribution in [2.45, 2.75) is 57.7 Å². The Bertz CT molecular complexity index is 1330. The van der Waals surface area contributed by atoms with Crippen LogP contribution in [0, 0.1) is 0 Å². The molecule has 0 radical (unpaired) electrons. The minimum absolute atomic E-state index is 0.117. The lowest BCUT2D eigenvalue weighted by Gasteiger charge is -2.32. The van der Waals surface area contributed by atoms with Gasteiger partial charge < -0.3 is 24.1 Å². The number of aromatic nitrogens is 3. The lowest BCUT2D eigenvalue weighted by Crippen LogP contribution is -2.40. The fourth-order valence-electron chi connectivity index (χ4n) is 5.00. The molecular formula is C29H39N5O4Si. The quantitative estimate of drug-likeness (QED) is 0.276. The third-order valence-corrected chi connectivity index (χ3v) is 8.89. The number of nitrogens with one attached hydrogen (secondary N) is 1. The van der Waals surface area contributed by atoms with E-state index in [-0.39, 0.29) is 18.3 Å². The summed E-state index contributed by atoms with van der Waals surface area (Å²) in [6.07, 6.45) is 5.19. The van der Waals surface area contributed by atoms with E-state index in [1.807, 2.05) is 6.07 Å². The van der Waals surface area contributed by atoms with Crippen molar-refractivity contribution >= 4 is 25.5 Å². The third-order valence-electron chi connectivity index (χ3n) is 7.18. The topological polar surface area (TPSA) is 94.7 Å². The number of ether oxygens (including phenoxy) is 2. The van der Waals surface area contributed by atoms with Gasteiger partial charge >= 0.3 is 6.01 Å². The van der Waals surface area contributed by atoms with Crippen LogP contribution < -0.4 is 15.8 Å². The number of allylic oxidation sites excluding steroid dienone is 1. The van der Waals surface area contributed by atoms with Crippen LogP contribution in [0.3, 0.4) is 0 Å². The number of pyridine rings is 1. The molecule has 2 aliphatic rings. The monoisotopic (exact) mass is 549 g/mol. The molecule has 0 bridgehead atoms. The summed E-state index contributed by atoms with van der Waals surface area (Å²) < 4.78 is 19.4. The minimum atomic E-state index is -1.24. The van der Waals surface area contributed by atoms with E-state index in [2.05, 4.69) is 70.4 Å². The van der Waals surface area contributed by atoms with Gasteiger partial charge in [-0.2, -0.15) is 0 Å². The van der Waals surface area contributed by atoms with Gasteiger partial charge in [-0.3, -0.25) is 9.36 Å². The maximum absolute atomic E-state index is 13.0. The van der Waals surface area contributed by atoms with Crippen molar-refractivity contribution in [3.05, 3.63) is 64.5 Å². The number of hydrogen-bond donors (Lipinski definition) is 1. The van der Waals surface area contributed by atoms with E-state index < -0.39 is 8.07 Å². The highest BCUT2D eigenvalue weighted by atomic mass is 28.3. The van der Waals surface area contributed by atoms with Crippen molar-refractivity contribution in [1.82, 2.24) is 14.8 Å². The summed E-state index contributed by atoms with van der Waals surface area (Å²) in [5.74, 6) is 1.12. The van der Waals surface area contributed by atoms with Crippen LogP contribution >= 0.6 is 0 Å². The molecule has 39 heavy (non-hydrogen) atoms. The molecule has 5 rings (SSSR count). The van der Waals surface area contributed by atoms with Crippen molar-refractivity contribution in [2.24, 2.45) is 0 Å². The Morgan fingerprint density at radius 3 is 2.64 bits per heavy atom. The van der Waals surface area contributed by atoms with Gasteiger partial charge in [-0.15, -0.1) is 5.10 Å². The van der Waals surface area contributed by atoms with E-state index in [0.717, 1.165) is 36.7 Å². The van der Waals surface area contributed by atoms with Crippen molar-refractivity contribution in [1.29, 1.82) is 0 Å². The maximum atomic E-state index is 13.0. The zero-order valence-electron chi connectivity index (χ0n) is 23.2. The molecule has 208 valence electrons. The summed E-state index contributed by atoms with van der Waals surface area (Å²) in [6.45, 7) is 10.3. The molecule has 1 N–H and O–H groups in total. The molecule has 1 atom stereocenters. The van der Waals surface area contributed by atoms with Crippen LogP contribution in [0.1, 0.15) is 24.8 Å². The van der Waals surface area contributed by atoms with Gasteiger partial charge in [0, 0.05) is 39.9 Å². The number of anilines is 2. The number of benzene rings is 1. The van der Waals surface area contributed by atoms with Gasteiger partial charge in [-0.1, -0.05) is 61.1 Å². The standard InChI is InChI=1S/C29H39N5O4Si/c1-39(2,3)19-18-37-21-34-26(35)13-12-25(28(34)33-14-16-36-17-15-33)27-31-32-29(38-27)30-24-11-7-10-23(20-24)22-8-5-4-6-9-22/h4-6,8-10,12-13,24H,7,11,14-21H2,1-3H3,(H,30,32)/t24-/m0/s1. The Morgan fingerprint density at radius 2 is 1.87 bits per heavy atom. The first-order chi connectivity index (χ1) is 18.9. The zero-order chi connectivity index (χ0) is 27.2. The number of hydrogen-bond acceptors (Lipinski definition) is 8. The van der Waals surface area contributed by atoms with Crippen LogP contribution in [-0.4, -0.2) is 61.8 Å². The molecule has 1 aliphatic heterocycles. The maximum Gasteiger partial charge on any atom is 0.315 e. The molecule has 3 aromatic rings. The number of morpholine rings is 1. The summed E-state index contributed by atoms with van der Waals surface area (Å²) in [4.78, 5) is 15.2. The Kier molecular flexibility index (Phi) is 8.64. The van der Waals surface area contributed by atoms with Gasteiger partial charge in [0.05, 0.1) is 18.8 Å². The number of rotatable bonds is 10. The summed E-state index contributed by atoms with van der Waals surface area (Å²) >= 11 is 0. The molecule has 3 heterocycles. The van der Waals surface area contributed by atoms with Gasteiger partial charge in [-0.05, 0) is 42.5 Å². The van der Waals surface area contributed by atoms with Crippen LogP contribution in [0.25, 0.3) is 17.0 Å². The van der Waals surface area contributed by atoms with Crippen LogP contribution in [0.5, 0.6) is 0 Å². The molecule has 10 heteroatoms. The van der Waals surface area contributed by atoms with Gasteiger partial charge in [0.15, 0.2) is 0 Å². The molecule has 0 spiro atoms. The first-order valence-electron chi connectivity index (χ1n) is 13.9. The van der Waals surface area contributed by atoms with E-state index in [4.69, 9.17) is 13.9 Å². The highest BCUT2D eigenvalue weighted by Crippen LogP contribution is 2.32. The second-order valence-corrected chi connectivity index (χ2v) is 17.0. The first-order valence-corrected chi connectivity index (χ1v) is 17.6. The average Bonchev–Trinajstić information content (AvgIpc) is 3.40. The Balaban J connectivity index is 1.36. The largest absolute Gasteiger partial charge is 0.403 e. The first kappa shape index (κ1) is 27.4. The molecule has 9 nitrogen and oxygen atoms in total. The lowest BCUT2D eigenvalue weighted by atomic mass is 9.90. The predicted octanol–water partition coefficient (Wildman–Crippen LogP) is 5.10. The molecule has 0 saturated carbocycles. The van der Waals surface area contributed by atoms with Crippen molar-refractivity contribution in [3.8, 4) is 11.5 Å². The van der Waals surface area contributed by atoms with Crippen molar-refractivity contribution in [3.63, 3.8) is 0 Å². The second-order valence-electron chi connectivity index (χ2n) is 11.4. The van der Waals surface area contributed by atoms with Crippen LogP contribution in [0.2, 0.25) is 25.7 Å². The summed E-state index contributed by atoms with van der Waals surface area (Å²) in [5, 5.41) is 12.2. The highest BCUT2D eigenvalue weighted by molar-refractivity contribution is 6.76. The molecule has 1 saturated heterocycles. The van der Waals surface area contributed by atoms with E-state index in [0.29, 0.717) is 44.8 Å². The molecular weight excluding hydrogens is 510 g/mol. The Labute approximate surface area is 230 Å². The highest BCUT2D eigenvalue weighted by Gasteiger charge is 2.25. The molecule has 1 aliphatic carbocycles. The van der Waals surface area contributed by atoms with E-state index in [9.17, 15) is 4.79 Å². The normalized spacial score (nSPS) is 18.2. The Morgan fingerprint density at radius 1 is 1.08 bits per heavy atom. The van der Waals surface area contributed by atoms with Crippen LogP contribution in [-0.2, 0) is 16.2 Å². The number of nitrogens with zero attached hydrogens (tertiary/aromatic N) is 4. The molecule has 0 amide bonds. The van der Waals surface area contributed by atoms with E-state index in [1.165, 1.54) is 11.1 Å². The van der Waals surface area contributed by atoms with E-state index >= 15 is 0 Å².